The Labute approximate surface area is 124 Å². The molecule has 21 heavy (non-hydrogen) atoms. The van der Waals surface area contributed by atoms with Gasteiger partial charge in [-0.25, -0.2) is 8.42 Å². The smallest absolute Gasteiger partial charge is 0.308 e. The van der Waals surface area contributed by atoms with Crippen molar-refractivity contribution in [2.75, 3.05) is 20.2 Å². The first kappa shape index (κ1) is 15.5. The van der Waals surface area contributed by atoms with Crippen molar-refractivity contribution >= 4 is 16.0 Å². The number of piperidine rings is 1. The lowest BCUT2D eigenvalue weighted by molar-refractivity contribution is -0.146. The van der Waals surface area contributed by atoms with Crippen molar-refractivity contribution in [2.45, 2.75) is 17.7 Å². The van der Waals surface area contributed by atoms with Crippen LogP contribution in [0.1, 0.15) is 18.4 Å². The highest BCUT2D eigenvalue weighted by atomic mass is 32.2. The fourth-order valence-corrected chi connectivity index (χ4v) is 3.82. The van der Waals surface area contributed by atoms with E-state index in [9.17, 15) is 13.2 Å². The molecule has 0 radical (unpaired) electrons. The minimum Gasteiger partial charge on any atom is -0.469 e. The van der Waals surface area contributed by atoms with Crippen LogP contribution in [0.4, 0.5) is 0 Å². The molecule has 1 aromatic carbocycles. The van der Waals surface area contributed by atoms with Gasteiger partial charge in [0, 0.05) is 13.1 Å². The molecule has 7 heteroatoms. The van der Waals surface area contributed by atoms with Gasteiger partial charge < -0.3 is 4.74 Å². The first-order valence-corrected chi connectivity index (χ1v) is 8.01. The summed E-state index contributed by atoms with van der Waals surface area (Å²) in [5.74, 6) is -0.521. The van der Waals surface area contributed by atoms with Gasteiger partial charge in [0.1, 0.15) is 0 Å². The monoisotopic (exact) mass is 308 g/mol. The lowest BCUT2D eigenvalue weighted by atomic mass is 9.99. The number of methoxy groups -OCH3 is 1. The Hall–Kier alpha value is -1.91. The molecule has 0 aromatic heterocycles. The van der Waals surface area contributed by atoms with Gasteiger partial charge in [0.2, 0.25) is 10.0 Å². The molecule has 0 aliphatic carbocycles. The van der Waals surface area contributed by atoms with Gasteiger partial charge in [-0.15, -0.1) is 0 Å². The minimum absolute atomic E-state index is 0.165. The molecule has 0 unspecified atom stereocenters. The maximum absolute atomic E-state index is 12.5. The van der Waals surface area contributed by atoms with Crippen molar-refractivity contribution in [3.8, 4) is 6.07 Å². The molecule has 0 amide bonds. The SMILES string of the molecule is COC(=O)C1CCN(S(=O)(=O)c2ccc(C#N)cc2)CC1. The molecule has 112 valence electrons. The summed E-state index contributed by atoms with van der Waals surface area (Å²) >= 11 is 0. The van der Waals surface area contributed by atoms with Crippen LogP contribution in [0.15, 0.2) is 29.2 Å². The van der Waals surface area contributed by atoms with E-state index in [-0.39, 0.29) is 16.8 Å². The number of sulfonamides is 1. The van der Waals surface area contributed by atoms with Gasteiger partial charge in [-0.3, -0.25) is 4.79 Å². The molecule has 1 aliphatic heterocycles. The van der Waals surface area contributed by atoms with E-state index in [0.29, 0.717) is 31.5 Å². The van der Waals surface area contributed by atoms with E-state index >= 15 is 0 Å². The van der Waals surface area contributed by atoms with Gasteiger partial charge in [0.05, 0.1) is 29.6 Å². The lowest BCUT2D eigenvalue weighted by Gasteiger charge is -2.29. The van der Waals surface area contributed by atoms with Crippen molar-refractivity contribution < 1.29 is 17.9 Å². The highest BCUT2D eigenvalue weighted by Gasteiger charge is 2.32. The summed E-state index contributed by atoms with van der Waals surface area (Å²) < 4.78 is 31.0. The molecule has 6 nitrogen and oxygen atoms in total. The normalized spacial score (nSPS) is 17.1. The van der Waals surface area contributed by atoms with Gasteiger partial charge in [-0.1, -0.05) is 0 Å². The van der Waals surface area contributed by atoms with Crippen LogP contribution >= 0.6 is 0 Å². The van der Waals surface area contributed by atoms with Crippen LogP contribution in [0.2, 0.25) is 0 Å². The average Bonchev–Trinajstić information content (AvgIpc) is 2.54. The Morgan fingerprint density at radius 1 is 1.29 bits per heavy atom. The van der Waals surface area contributed by atoms with Gasteiger partial charge >= 0.3 is 5.97 Å². The lowest BCUT2D eigenvalue weighted by Crippen LogP contribution is -2.40. The van der Waals surface area contributed by atoms with Crippen molar-refractivity contribution in [1.29, 1.82) is 5.26 Å². The number of benzene rings is 1. The first-order valence-electron chi connectivity index (χ1n) is 6.57. The molecular weight excluding hydrogens is 292 g/mol. The van der Waals surface area contributed by atoms with Crippen LogP contribution < -0.4 is 0 Å². The zero-order chi connectivity index (χ0) is 15.5. The number of nitrogens with zero attached hydrogens (tertiary/aromatic N) is 2. The Balaban J connectivity index is 2.11. The molecular formula is C14H16N2O4S. The number of hydrogen-bond acceptors (Lipinski definition) is 5. The topological polar surface area (TPSA) is 87.5 Å². The molecule has 1 saturated heterocycles. The maximum Gasteiger partial charge on any atom is 0.308 e. The molecule has 2 rings (SSSR count). The van der Waals surface area contributed by atoms with E-state index in [1.807, 2.05) is 6.07 Å². The predicted octanol–water partition coefficient (Wildman–Crippen LogP) is 1.13. The Bertz CT molecular complexity index is 653. The molecule has 0 saturated carbocycles. The van der Waals surface area contributed by atoms with Crippen molar-refractivity contribution in [1.82, 2.24) is 4.31 Å². The molecule has 1 aromatic rings. The summed E-state index contributed by atoms with van der Waals surface area (Å²) in [6.07, 6.45) is 0.921. The summed E-state index contributed by atoms with van der Waals surface area (Å²) in [6, 6.07) is 7.77. The minimum atomic E-state index is -3.57. The van der Waals surface area contributed by atoms with Crippen LogP contribution in [0.5, 0.6) is 0 Å². The zero-order valence-corrected chi connectivity index (χ0v) is 12.5. The van der Waals surface area contributed by atoms with Crippen LogP contribution in [0.25, 0.3) is 0 Å². The molecule has 1 aliphatic rings. The second-order valence-corrected chi connectivity index (χ2v) is 6.78. The second-order valence-electron chi connectivity index (χ2n) is 4.84. The second kappa shape index (κ2) is 6.24. The summed E-state index contributed by atoms with van der Waals surface area (Å²) in [6.45, 7) is 0.588. The molecule has 1 heterocycles. The molecule has 0 atom stereocenters. The quantitative estimate of drug-likeness (QED) is 0.781. The summed E-state index contributed by atoms with van der Waals surface area (Å²) in [7, 11) is -2.24. The Kier molecular flexibility index (Phi) is 4.60. The molecule has 0 spiro atoms. The third kappa shape index (κ3) is 3.23. The van der Waals surface area contributed by atoms with Crippen LogP contribution in [0, 0.1) is 17.2 Å². The van der Waals surface area contributed by atoms with Crippen molar-refractivity contribution in [3.05, 3.63) is 29.8 Å². The van der Waals surface area contributed by atoms with Crippen molar-refractivity contribution in [2.24, 2.45) is 5.92 Å². The highest BCUT2D eigenvalue weighted by molar-refractivity contribution is 7.89. The van der Waals surface area contributed by atoms with Gasteiger partial charge in [0.15, 0.2) is 0 Å². The van der Waals surface area contributed by atoms with Crippen molar-refractivity contribution in [3.63, 3.8) is 0 Å². The van der Waals surface area contributed by atoms with E-state index in [4.69, 9.17) is 5.26 Å². The van der Waals surface area contributed by atoms with E-state index < -0.39 is 10.0 Å². The number of hydrogen-bond donors (Lipinski definition) is 0. The van der Waals surface area contributed by atoms with Crippen LogP contribution in [-0.2, 0) is 19.6 Å². The largest absolute Gasteiger partial charge is 0.469 e. The van der Waals surface area contributed by atoms with E-state index in [2.05, 4.69) is 4.74 Å². The van der Waals surface area contributed by atoms with Gasteiger partial charge in [-0.2, -0.15) is 9.57 Å². The summed E-state index contributed by atoms with van der Waals surface area (Å²) in [5.41, 5.74) is 0.415. The summed E-state index contributed by atoms with van der Waals surface area (Å²) in [4.78, 5) is 11.6. The van der Waals surface area contributed by atoms with E-state index in [1.54, 1.807) is 0 Å². The maximum atomic E-state index is 12.5. The number of ether oxygens (including phenoxy) is 1. The van der Waals surface area contributed by atoms with Crippen LogP contribution in [0.3, 0.4) is 0 Å². The third-order valence-corrected chi connectivity index (χ3v) is 5.52. The van der Waals surface area contributed by atoms with Crippen LogP contribution in [-0.4, -0.2) is 38.9 Å². The summed E-state index contributed by atoms with van der Waals surface area (Å²) in [5, 5.41) is 8.73. The fourth-order valence-electron chi connectivity index (χ4n) is 2.35. The molecule has 0 bridgehead atoms. The predicted molar refractivity (Wildman–Crippen MR) is 74.7 cm³/mol. The van der Waals surface area contributed by atoms with E-state index in [0.717, 1.165) is 0 Å². The van der Waals surface area contributed by atoms with E-state index in [1.165, 1.54) is 35.7 Å². The number of carbonyl (C=O) groups excluding carboxylic acids is 1. The first-order chi connectivity index (χ1) is 9.98. The number of rotatable bonds is 3. The Morgan fingerprint density at radius 3 is 2.33 bits per heavy atom. The average molecular weight is 308 g/mol. The van der Waals surface area contributed by atoms with Gasteiger partial charge in [-0.05, 0) is 37.1 Å². The molecule has 0 N–H and O–H groups in total. The Morgan fingerprint density at radius 2 is 1.86 bits per heavy atom. The number of nitriles is 1. The van der Waals surface area contributed by atoms with Gasteiger partial charge in [0.25, 0.3) is 0 Å². The third-order valence-electron chi connectivity index (χ3n) is 3.61. The number of carbonyl (C=O) groups is 1. The number of esters is 1. The fraction of sp³-hybridized carbons (Fsp3) is 0.429. The highest BCUT2D eigenvalue weighted by Crippen LogP contribution is 2.24. The molecule has 1 fully saturated rings. The standard InChI is InChI=1S/C14H16N2O4S/c1-20-14(17)12-6-8-16(9-7-12)21(18,19)13-4-2-11(10-15)3-5-13/h2-5,12H,6-9H2,1H3. The zero-order valence-electron chi connectivity index (χ0n) is 11.7.